The van der Waals surface area contributed by atoms with Crippen molar-refractivity contribution >= 4 is 16.1 Å². The van der Waals surface area contributed by atoms with E-state index in [1.165, 1.54) is 27.8 Å². The van der Waals surface area contributed by atoms with E-state index < -0.39 is 16.1 Å². The van der Waals surface area contributed by atoms with Crippen LogP contribution in [0.3, 0.4) is 0 Å². The third kappa shape index (κ3) is 14.3. The van der Waals surface area contributed by atoms with Crippen LogP contribution in [0.1, 0.15) is 78.5 Å². The molecule has 0 spiro atoms. The van der Waals surface area contributed by atoms with Crippen molar-refractivity contribution in [2.45, 2.75) is 119 Å². The van der Waals surface area contributed by atoms with Crippen molar-refractivity contribution in [1.82, 2.24) is 0 Å². The van der Waals surface area contributed by atoms with E-state index in [0.29, 0.717) is 0 Å². The van der Waals surface area contributed by atoms with Crippen molar-refractivity contribution in [1.29, 1.82) is 0 Å². The summed E-state index contributed by atoms with van der Waals surface area (Å²) in [6.07, 6.45) is 7.03. The summed E-state index contributed by atoms with van der Waals surface area (Å²) in [6.45, 7) is 41.4. The largest absolute Gasteiger partial charge is 3.00 e. The minimum absolute atomic E-state index is 0. The van der Waals surface area contributed by atoms with Crippen molar-refractivity contribution in [2.75, 3.05) is 7.11 Å². The molecule has 1 aromatic rings. The van der Waals surface area contributed by atoms with Gasteiger partial charge >= 0.3 is 32.7 Å². The number of rotatable bonds is 3. The second kappa shape index (κ2) is 13.9. The average molecular weight is 603 g/mol. The van der Waals surface area contributed by atoms with E-state index in [4.69, 9.17) is 4.74 Å². The fourth-order valence-electron chi connectivity index (χ4n) is 3.55. The Balaban J connectivity index is 0. The van der Waals surface area contributed by atoms with Gasteiger partial charge in [-0.25, -0.2) is 17.7 Å². The van der Waals surface area contributed by atoms with Crippen molar-refractivity contribution in [3.05, 3.63) is 65.2 Å². The van der Waals surface area contributed by atoms with Crippen LogP contribution in [0.2, 0.25) is 39.3 Å². The molecule has 0 atom stereocenters. The van der Waals surface area contributed by atoms with Crippen LogP contribution in [-0.2, 0) is 43.5 Å². The van der Waals surface area contributed by atoms with E-state index >= 15 is 0 Å². The van der Waals surface area contributed by atoms with Crippen LogP contribution >= 0.6 is 0 Å². The molecule has 4 heteroatoms. The third-order valence-electron chi connectivity index (χ3n) is 5.28. The maximum absolute atomic E-state index is 5.94. The zero-order valence-electron chi connectivity index (χ0n) is 26.8. The van der Waals surface area contributed by atoms with Crippen LogP contribution in [0.15, 0.2) is 29.4 Å². The van der Waals surface area contributed by atoms with Gasteiger partial charge in [-0.1, -0.05) is 119 Å². The van der Waals surface area contributed by atoms with E-state index in [-0.39, 0.29) is 49.0 Å². The number of hydrogen-bond donors (Lipinski definition) is 0. The molecule has 0 saturated heterocycles. The van der Waals surface area contributed by atoms with Crippen LogP contribution in [0.25, 0.3) is 0 Å². The van der Waals surface area contributed by atoms with Crippen LogP contribution in [0.5, 0.6) is 5.75 Å². The van der Waals surface area contributed by atoms with Gasteiger partial charge < -0.3 is 17.8 Å². The maximum atomic E-state index is 5.94. The summed E-state index contributed by atoms with van der Waals surface area (Å²) in [5.41, 5.74) is 6.58. The van der Waals surface area contributed by atoms with Gasteiger partial charge in [0.15, 0.2) is 0 Å². The number of allylic oxidation sites excluding steroid dienone is 4. The summed E-state index contributed by atoms with van der Waals surface area (Å²) in [4.78, 5) is 0. The van der Waals surface area contributed by atoms with E-state index in [1.807, 2.05) is 0 Å². The summed E-state index contributed by atoms with van der Waals surface area (Å²) >= 11 is 0. The maximum Gasteiger partial charge on any atom is 3.00 e. The van der Waals surface area contributed by atoms with Gasteiger partial charge in [0.05, 0.1) is 7.11 Å². The van der Waals surface area contributed by atoms with Gasteiger partial charge in [0.2, 0.25) is 0 Å². The summed E-state index contributed by atoms with van der Waals surface area (Å²) in [7, 11) is 0.0745. The Morgan fingerprint density at radius 2 is 1.17 bits per heavy atom. The molecule has 0 aromatic heterocycles. The standard InChI is InChI=1S/C24H35O.2C4H11Si.Y/c1-16-13-19(23(5,6)7)21(25-10)20(14-16)24(8,9)18-12-11-17(15-18)22(2,3)4;2*1-5(2,3)4;/h11,13-14H,12H2,1-10H3;2*1H2,2-4H3;/q3*-1;+3. The molecule has 0 N–H and O–H groups in total. The van der Waals surface area contributed by atoms with Gasteiger partial charge in [-0.05, 0) is 23.2 Å². The number of benzene rings is 1. The third-order valence-corrected chi connectivity index (χ3v) is 5.28. The summed E-state index contributed by atoms with van der Waals surface area (Å²) in [5.74, 6) is 1.03. The van der Waals surface area contributed by atoms with Gasteiger partial charge in [0.25, 0.3) is 0 Å². The molecule has 0 saturated carbocycles. The van der Waals surface area contributed by atoms with Gasteiger partial charge in [0.1, 0.15) is 5.75 Å². The quantitative estimate of drug-likeness (QED) is 0.247. The van der Waals surface area contributed by atoms with Crippen molar-refractivity contribution in [3.63, 3.8) is 0 Å². The molecule has 0 amide bonds. The van der Waals surface area contributed by atoms with Crippen LogP contribution < -0.4 is 4.74 Å². The fourth-order valence-corrected chi connectivity index (χ4v) is 3.55. The molecule has 0 aliphatic heterocycles. The molecule has 0 radical (unpaired) electrons. The van der Waals surface area contributed by atoms with E-state index in [2.05, 4.69) is 139 Å². The first-order valence-electron chi connectivity index (χ1n) is 13.0. The normalized spacial score (nSPS) is 14.4. The van der Waals surface area contributed by atoms with Gasteiger partial charge in [0, 0.05) is 11.1 Å². The van der Waals surface area contributed by atoms with E-state index in [1.54, 1.807) is 7.11 Å². The molecule has 2 rings (SSSR count). The topological polar surface area (TPSA) is 9.23 Å². The molecule has 36 heavy (non-hydrogen) atoms. The predicted octanol–water partition coefficient (Wildman–Crippen LogP) is 10.1. The molecular formula is C32H57OSi2Y. The molecule has 1 aliphatic carbocycles. The summed E-state index contributed by atoms with van der Waals surface area (Å²) < 4.78 is 5.94. The average Bonchev–Trinajstić information content (AvgIpc) is 3.08. The summed E-state index contributed by atoms with van der Waals surface area (Å²) in [5, 5.41) is 0. The van der Waals surface area contributed by atoms with Gasteiger partial charge in [-0.2, -0.15) is 5.57 Å². The molecule has 0 heterocycles. The SMILES string of the molecule is COc1c(C(C)(C)C)cc(C)cc1C(C)(C)C1=[C-]C(C(C)(C)C)=CC1.[CH2-][Si](C)(C)C.[CH2-][Si](C)(C)C.[Y+3]. The van der Waals surface area contributed by atoms with Crippen LogP contribution in [0.4, 0.5) is 0 Å². The Hall–Kier alpha value is 0.0377. The number of aryl methyl sites for hydroxylation is 1. The van der Waals surface area contributed by atoms with Crippen LogP contribution in [-0.4, -0.2) is 23.3 Å². The minimum atomic E-state index is -0.861. The first-order valence-corrected chi connectivity index (χ1v) is 20.4. The number of methoxy groups -OCH3 is 1. The van der Waals surface area contributed by atoms with Gasteiger partial charge in [-0.3, -0.25) is 0 Å². The Labute approximate surface area is 254 Å². The second-order valence-corrected chi connectivity index (χ2v) is 25.3. The van der Waals surface area contributed by atoms with Crippen LogP contribution in [0, 0.1) is 31.5 Å². The predicted molar refractivity (Wildman–Crippen MR) is 166 cm³/mol. The number of hydrogen-bond acceptors (Lipinski definition) is 1. The molecule has 1 aromatic carbocycles. The summed E-state index contributed by atoms with van der Waals surface area (Å²) in [6, 6.07) is 4.56. The minimum Gasteiger partial charge on any atom is -0.496 e. The van der Waals surface area contributed by atoms with Crippen molar-refractivity contribution in [2.24, 2.45) is 5.41 Å². The van der Waals surface area contributed by atoms with E-state index in [9.17, 15) is 0 Å². The molecule has 1 aliphatic rings. The Morgan fingerprint density at radius 3 is 1.47 bits per heavy atom. The molecule has 0 fully saturated rings. The Bertz CT molecular complexity index is 872. The van der Waals surface area contributed by atoms with E-state index in [0.717, 1.165) is 12.2 Å². The van der Waals surface area contributed by atoms with Gasteiger partial charge in [-0.15, -0.1) is 16.1 Å². The smallest absolute Gasteiger partial charge is 0.496 e. The first kappa shape index (κ1) is 38.2. The second-order valence-electron chi connectivity index (χ2n) is 15.1. The molecule has 0 bridgehead atoms. The first-order chi connectivity index (χ1) is 15.3. The Kier molecular flexibility index (Phi) is 14.7. The molecule has 1 nitrogen and oxygen atoms in total. The number of ether oxygens (including phenoxy) is 1. The Morgan fingerprint density at radius 1 is 0.778 bits per heavy atom. The monoisotopic (exact) mass is 602 g/mol. The molecular weight excluding hydrogens is 545 g/mol. The fraction of sp³-hybridized carbons (Fsp3) is 0.625. The molecule has 202 valence electrons. The van der Waals surface area contributed by atoms with Crippen molar-refractivity contribution < 1.29 is 37.4 Å². The zero-order chi connectivity index (χ0) is 28.2. The molecule has 0 unspecified atom stereocenters. The zero-order valence-corrected chi connectivity index (χ0v) is 31.7. The van der Waals surface area contributed by atoms with Crippen molar-refractivity contribution in [3.8, 4) is 5.75 Å².